The fourth-order valence-corrected chi connectivity index (χ4v) is 3.59. The van der Waals surface area contributed by atoms with E-state index in [1.54, 1.807) is 6.92 Å². The van der Waals surface area contributed by atoms with E-state index in [-0.39, 0.29) is 0 Å². The number of Topliss-reactive ketones (excluding diaryl/α,β-unsaturated/α-hetero) is 1. The van der Waals surface area contributed by atoms with Gasteiger partial charge in [-0.1, -0.05) is 19.8 Å². The second-order valence-corrected chi connectivity index (χ2v) is 5.87. The van der Waals surface area contributed by atoms with Gasteiger partial charge in [-0.2, -0.15) is 0 Å². The molecule has 1 saturated carbocycles. The summed E-state index contributed by atoms with van der Waals surface area (Å²) in [5, 5.41) is 0. The van der Waals surface area contributed by atoms with Crippen molar-refractivity contribution in [2.45, 2.75) is 70.9 Å². The van der Waals surface area contributed by atoms with Crippen LogP contribution in [0.25, 0.3) is 0 Å². The summed E-state index contributed by atoms with van der Waals surface area (Å²) in [6.07, 6.45) is 8.82. The lowest BCUT2D eigenvalue weighted by Crippen LogP contribution is -2.42. The highest BCUT2D eigenvalue weighted by molar-refractivity contribution is 5.76. The topological polar surface area (TPSA) is 20.3 Å². The van der Waals surface area contributed by atoms with E-state index < -0.39 is 0 Å². The Morgan fingerprint density at radius 1 is 1.25 bits per heavy atom. The van der Waals surface area contributed by atoms with Gasteiger partial charge in [0.2, 0.25) is 0 Å². The summed E-state index contributed by atoms with van der Waals surface area (Å²) in [5.41, 5.74) is 0. The van der Waals surface area contributed by atoms with Crippen molar-refractivity contribution in [1.29, 1.82) is 0 Å². The quantitative estimate of drug-likeness (QED) is 0.733. The van der Waals surface area contributed by atoms with Crippen LogP contribution in [-0.2, 0) is 4.79 Å². The van der Waals surface area contributed by atoms with Crippen molar-refractivity contribution in [1.82, 2.24) is 4.90 Å². The van der Waals surface area contributed by atoms with Crippen LogP contribution in [0.3, 0.4) is 0 Å². The molecule has 0 amide bonds. The molecule has 0 spiro atoms. The zero-order valence-electron chi connectivity index (χ0n) is 10.7. The van der Waals surface area contributed by atoms with Crippen LogP contribution in [0.5, 0.6) is 0 Å². The van der Waals surface area contributed by atoms with Crippen LogP contribution in [0, 0.1) is 5.92 Å². The van der Waals surface area contributed by atoms with Gasteiger partial charge in [-0.05, 0) is 45.1 Å². The Morgan fingerprint density at radius 2 is 2.06 bits per heavy atom. The molecule has 2 fully saturated rings. The standard InChI is InChI=1S/C14H25NO/c1-11-5-3-6-13(9-11)15-8-4-7-14(15)10-12(2)16/h11,13-14H,3-10H2,1-2H3. The van der Waals surface area contributed by atoms with Crippen LogP contribution in [0.15, 0.2) is 0 Å². The fourth-order valence-electron chi connectivity index (χ4n) is 3.59. The lowest BCUT2D eigenvalue weighted by molar-refractivity contribution is -0.118. The molecule has 1 aliphatic carbocycles. The van der Waals surface area contributed by atoms with Gasteiger partial charge in [0.1, 0.15) is 5.78 Å². The smallest absolute Gasteiger partial charge is 0.131 e. The molecule has 1 aliphatic heterocycles. The van der Waals surface area contributed by atoms with Gasteiger partial charge >= 0.3 is 0 Å². The van der Waals surface area contributed by atoms with Crippen LogP contribution < -0.4 is 0 Å². The summed E-state index contributed by atoms with van der Waals surface area (Å²) in [6, 6.07) is 1.34. The number of carbonyl (C=O) groups is 1. The molecule has 3 unspecified atom stereocenters. The van der Waals surface area contributed by atoms with Crippen molar-refractivity contribution in [3.63, 3.8) is 0 Å². The summed E-state index contributed by atoms with van der Waals surface area (Å²) < 4.78 is 0. The molecule has 2 rings (SSSR count). The first-order valence-corrected chi connectivity index (χ1v) is 6.92. The van der Waals surface area contributed by atoms with E-state index in [0.29, 0.717) is 11.8 Å². The van der Waals surface area contributed by atoms with E-state index in [4.69, 9.17) is 0 Å². The molecule has 0 aromatic heterocycles. The third kappa shape index (κ3) is 2.85. The van der Waals surface area contributed by atoms with Crippen LogP contribution >= 0.6 is 0 Å². The zero-order chi connectivity index (χ0) is 11.5. The molecular weight excluding hydrogens is 198 g/mol. The van der Waals surface area contributed by atoms with Gasteiger partial charge in [0.25, 0.3) is 0 Å². The van der Waals surface area contributed by atoms with Gasteiger partial charge in [-0.15, -0.1) is 0 Å². The second kappa shape index (κ2) is 5.31. The molecule has 92 valence electrons. The summed E-state index contributed by atoms with van der Waals surface area (Å²) in [4.78, 5) is 13.9. The van der Waals surface area contributed by atoms with E-state index in [0.717, 1.165) is 18.4 Å². The lowest BCUT2D eigenvalue weighted by Gasteiger charge is -2.37. The predicted octanol–water partition coefficient (Wildman–Crippen LogP) is 3.01. The summed E-state index contributed by atoms with van der Waals surface area (Å²) >= 11 is 0. The summed E-state index contributed by atoms with van der Waals surface area (Å²) in [6.45, 7) is 5.34. The number of nitrogens with zero attached hydrogens (tertiary/aromatic N) is 1. The van der Waals surface area contributed by atoms with Gasteiger partial charge in [0, 0.05) is 18.5 Å². The SMILES string of the molecule is CC(=O)CC1CCCN1C1CCCC(C)C1. The highest BCUT2D eigenvalue weighted by Gasteiger charge is 2.33. The first-order chi connectivity index (χ1) is 7.66. The molecule has 16 heavy (non-hydrogen) atoms. The number of carbonyl (C=O) groups excluding carboxylic acids is 1. The predicted molar refractivity (Wildman–Crippen MR) is 66.4 cm³/mol. The molecule has 0 aromatic carbocycles. The minimum atomic E-state index is 0.362. The lowest BCUT2D eigenvalue weighted by atomic mass is 9.86. The van der Waals surface area contributed by atoms with Gasteiger partial charge in [0.15, 0.2) is 0 Å². The monoisotopic (exact) mass is 223 g/mol. The maximum absolute atomic E-state index is 11.3. The number of rotatable bonds is 3. The van der Waals surface area contributed by atoms with Crippen molar-refractivity contribution in [2.75, 3.05) is 6.54 Å². The molecule has 2 heteroatoms. The largest absolute Gasteiger partial charge is 0.300 e. The Kier molecular flexibility index (Phi) is 4.01. The van der Waals surface area contributed by atoms with E-state index in [9.17, 15) is 4.79 Å². The molecule has 2 nitrogen and oxygen atoms in total. The van der Waals surface area contributed by atoms with E-state index in [1.165, 1.54) is 45.1 Å². The minimum Gasteiger partial charge on any atom is -0.300 e. The molecule has 1 heterocycles. The zero-order valence-corrected chi connectivity index (χ0v) is 10.7. The third-order valence-corrected chi connectivity index (χ3v) is 4.32. The fraction of sp³-hybridized carbons (Fsp3) is 0.929. The van der Waals surface area contributed by atoms with Crippen molar-refractivity contribution in [2.24, 2.45) is 5.92 Å². The van der Waals surface area contributed by atoms with Crippen LogP contribution in [-0.4, -0.2) is 29.3 Å². The van der Waals surface area contributed by atoms with Crippen molar-refractivity contribution >= 4 is 5.78 Å². The first-order valence-electron chi connectivity index (χ1n) is 6.92. The normalized spacial score (nSPS) is 36.5. The van der Waals surface area contributed by atoms with Crippen LogP contribution in [0.1, 0.15) is 58.8 Å². The molecule has 0 bridgehead atoms. The molecule has 0 N–H and O–H groups in total. The summed E-state index contributed by atoms with van der Waals surface area (Å²) in [7, 11) is 0. The van der Waals surface area contributed by atoms with Crippen LogP contribution in [0.2, 0.25) is 0 Å². The molecule has 2 aliphatic rings. The Bertz CT molecular complexity index is 251. The first kappa shape index (κ1) is 12.1. The van der Waals surface area contributed by atoms with Gasteiger partial charge in [-0.25, -0.2) is 0 Å². The Hall–Kier alpha value is -0.370. The summed E-state index contributed by atoms with van der Waals surface area (Å²) in [5.74, 6) is 1.25. The van der Waals surface area contributed by atoms with Gasteiger partial charge < -0.3 is 0 Å². The van der Waals surface area contributed by atoms with Gasteiger partial charge in [-0.3, -0.25) is 9.69 Å². The number of hydrogen-bond acceptors (Lipinski definition) is 2. The molecule has 0 radical (unpaired) electrons. The molecule has 0 aromatic rings. The average molecular weight is 223 g/mol. The number of ketones is 1. The highest BCUT2D eigenvalue weighted by atomic mass is 16.1. The minimum absolute atomic E-state index is 0.362. The Labute approximate surface area is 99.4 Å². The van der Waals surface area contributed by atoms with Crippen molar-refractivity contribution in [3.05, 3.63) is 0 Å². The Morgan fingerprint density at radius 3 is 2.75 bits per heavy atom. The van der Waals surface area contributed by atoms with E-state index in [2.05, 4.69) is 11.8 Å². The van der Waals surface area contributed by atoms with Crippen molar-refractivity contribution < 1.29 is 4.79 Å². The molecule has 3 atom stereocenters. The second-order valence-electron chi connectivity index (χ2n) is 5.87. The van der Waals surface area contributed by atoms with E-state index >= 15 is 0 Å². The highest BCUT2D eigenvalue weighted by Crippen LogP contribution is 2.32. The number of hydrogen-bond donors (Lipinski definition) is 0. The van der Waals surface area contributed by atoms with Gasteiger partial charge in [0.05, 0.1) is 0 Å². The molecule has 1 saturated heterocycles. The van der Waals surface area contributed by atoms with E-state index in [1.807, 2.05) is 0 Å². The van der Waals surface area contributed by atoms with Crippen molar-refractivity contribution in [3.8, 4) is 0 Å². The van der Waals surface area contributed by atoms with Crippen LogP contribution in [0.4, 0.5) is 0 Å². The molecular formula is C14H25NO. The Balaban J connectivity index is 1.93. The maximum Gasteiger partial charge on any atom is 0.131 e. The maximum atomic E-state index is 11.3. The number of likely N-dealkylation sites (tertiary alicyclic amines) is 1. The average Bonchev–Trinajstić information content (AvgIpc) is 2.65. The third-order valence-electron chi connectivity index (χ3n) is 4.32.